The molecule has 0 amide bonds. The molecule has 0 spiro atoms. The van der Waals surface area contributed by atoms with Crippen LogP contribution in [0.4, 0.5) is 0 Å². The fraction of sp³-hybridized carbons (Fsp3) is 1.00. The first-order valence-corrected chi connectivity index (χ1v) is 11.4. The second-order valence-corrected chi connectivity index (χ2v) is 14.5. The van der Waals surface area contributed by atoms with Crippen molar-refractivity contribution in [3.63, 3.8) is 0 Å². The lowest BCUT2D eigenvalue weighted by atomic mass is 9.87. The predicted molar refractivity (Wildman–Crippen MR) is 84.5 cm³/mol. The Morgan fingerprint density at radius 3 is 1.29 bits per heavy atom. The highest BCUT2D eigenvalue weighted by molar-refractivity contribution is 7.45. The SMILES string of the molecule is CCC(C)(C)CC[Si](Cl)(Cl)CCC(C)(C)CC. The number of hydrogen-bond acceptors (Lipinski definition) is 0. The van der Waals surface area contributed by atoms with E-state index in [0.29, 0.717) is 10.8 Å². The maximum atomic E-state index is 6.57. The Hall–Kier alpha value is 0.797. The molecule has 0 nitrogen and oxygen atoms in total. The van der Waals surface area contributed by atoms with Gasteiger partial charge in [-0.15, -0.1) is 22.2 Å². The molecular formula is C14H30Cl2Si. The minimum Gasteiger partial charge on any atom is -0.146 e. The van der Waals surface area contributed by atoms with E-state index in [2.05, 4.69) is 41.5 Å². The fourth-order valence-corrected chi connectivity index (χ4v) is 4.99. The van der Waals surface area contributed by atoms with Crippen LogP contribution < -0.4 is 0 Å². The van der Waals surface area contributed by atoms with Gasteiger partial charge < -0.3 is 0 Å². The topological polar surface area (TPSA) is 0 Å². The van der Waals surface area contributed by atoms with Crippen molar-refractivity contribution in [2.75, 3.05) is 0 Å². The van der Waals surface area contributed by atoms with Gasteiger partial charge in [0.05, 0.1) is 0 Å². The normalized spacial score (nSPS) is 14.1. The largest absolute Gasteiger partial charge is 0.251 e. The molecule has 0 N–H and O–H groups in total. The predicted octanol–water partition coefficient (Wildman–Crippen LogP) is 6.56. The lowest BCUT2D eigenvalue weighted by Gasteiger charge is -2.29. The minimum atomic E-state index is -2.01. The zero-order chi connectivity index (χ0) is 13.7. The van der Waals surface area contributed by atoms with E-state index in [-0.39, 0.29) is 0 Å². The summed E-state index contributed by atoms with van der Waals surface area (Å²) in [5, 5.41) is 0. The van der Waals surface area contributed by atoms with Crippen molar-refractivity contribution in [1.82, 2.24) is 0 Å². The summed E-state index contributed by atoms with van der Waals surface area (Å²) in [7, 11) is 0. The molecule has 0 aromatic heterocycles. The Kier molecular flexibility index (Phi) is 7.14. The summed E-state index contributed by atoms with van der Waals surface area (Å²) in [6, 6.07) is 2.08. The third-order valence-corrected chi connectivity index (χ3v) is 8.48. The van der Waals surface area contributed by atoms with E-state index in [0.717, 1.165) is 24.9 Å². The van der Waals surface area contributed by atoms with Gasteiger partial charge in [0.15, 0.2) is 0 Å². The van der Waals surface area contributed by atoms with Gasteiger partial charge in [-0.3, -0.25) is 0 Å². The summed E-state index contributed by atoms with van der Waals surface area (Å²) in [6.45, 7) is 11.7. The van der Waals surface area contributed by atoms with Gasteiger partial charge in [-0.25, -0.2) is 0 Å². The van der Waals surface area contributed by atoms with Crippen molar-refractivity contribution in [2.45, 2.75) is 79.3 Å². The molecular weight excluding hydrogens is 267 g/mol. The molecule has 0 heterocycles. The van der Waals surface area contributed by atoms with E-state index >= 15 is 0 Å². The number of hydrogen-bond donors (Lipinski definition) is 0. The van der Waals surface area contributed by atoms with Gasteiger partial charge in [0.1, 0.15) is 0 Å². The minimum absolute atomic E-state index is 0.391. The summed E-state index contributed by atoms with van der Waals surface area (Å²) in [5.41, 5.74) is 0.782. The van der Waals surface area contributed by atoms with Gasteiger partial charge in [-0.2, -0.15) is 0 Å². The molecule has 0 unspecified atom stereocenters. The van der Waals surface area contributed by atoms with E-state index in [1.807, 2.05) is 0 Å². The Bertz CT molecular complexity index is 200. The van der Waals surface area contributed by atoms with Crippen molar-refractivity contribution >= 4 is 28.9 Å². The second kappa shape index (κ2) is 6.82. The van der Waals surface area contributed by atoms with Crippen LogP contribution >= 0.6 is 22.2 Å². The van der Waals surface area contributed by atoms with E-state index in [1.54, 1.807) is 0 Å². The van der Waals surface area contributed by atoms with Gasteiger partial charge in [0.25, 0.3) is 6.69 Å². The van der Waals surface area contributed by atoms with E-state index in [9.17, 15) is 0 Å². The third-order valence-electron chi connectivity index (χ3n) is 4.25. The molecule has 0 aliphatic heterocycles. The van der Waals surface area contributed by atoms with Crippen LogP contribution in [0, 0.1) is 10.8 Å². The summed E-state index contributed by atoms with van der Waals surface area (Å²) in [5.74, 6) is 0. The maximum absolute atomic E-state index is 6.57. The summed E-state index contributed by atoms with van der Waals surface area (Å²) in [6.07, 6.45) is 4.72. The first-order valence-electron chi connectivity index (χ1n) is 6.91. The van der Waals surface area contributed by atoms with Gasteiger partial charge in [-0.05, 0) is 35.8 Å². The average Bonchev–Trinajstić information content (AvgIpc) is 2.25. The van der Waals surface area contributed by atoms with Gasteiger partial charge in [0.2, 0.25) is 0 Å². The first-order chi connectivity index (χ1) is 7.54. The Labute approximate surface area is 119 Å². The molecule has 0 aliphatic carbocycles. The van der Waals surface area contributed by atoms with E-state index in [1.165, 1.54) is 12.8 Å². The fourth-order valence-electron chi connectivity index (χ4n) is 1.52. The zero-order valence-corrected chi connectivity index (χ0v) is 15.0. The Balaban J connectivity index is 4.13. The standard InChI is InChI=1S/C14H30Cl2Si/c1-7-13(3,4)9-11-17(15,16)12-10-14(5,6)8-2/h7-12H2,1-6H3. The molecule has 0 bridgehead atoms. The molecule has 0 saturated heterocycles. The monoisotopic (exact) mass is 296 g/mol. The number of halogens is 2. The lowest BCUT2D eigenvalue weighted by molar-refractivity contribution is 0.331. The highest BCUT2D eigenvalue weighted by Crippen LogP contribution is 2.38. The van der Waals surface area contributed by atoms with Gasteiger partial charge in [-0.1, -0.05) is 54.4 Å². The van der Waals surface area contributed by atoms with E-state index < -0.39 is 6.69 Å². The molecule has 0 atom stereocenters. The molecule has 104 valence electrons. The molecule has 0 fully saturated rings. The summed E-state index contributed by atoms with van der Waals surface area (Å²) in [4.78, 5) is 0. The van der Waals surface area contributed by atoms with E-state index in [4.69, 9.17) is 22.2 Å². The molecule has 0 radical (unpaired) electrons. The van der Waals surface area contributed by atoms with Crippen molar-refractivity contribution in [2.24, 2.45) is 10.8 Å². The zero-order valence-electron chi connectivity index (χ0n) is 12.5. The highest BCUT2D eigenvalue weighted by atomic mass is 35.7. The molecule has 0 aromatic rings. The smallest absolute Gasteiger partial charge is 0.146 e. The van der Waals surface area contributed by atoms with Crippen molar-refractivity contribution in [3.8, 4) is 0 Å². The van der Waals surface area contributed by atoms with Crippen molar-refractivity contribution in [3.05, 3.63) is 0 Å². The maximum Gasteiger partial charge on any atom is 0.251 e. The van der Waals surface area contributed by atoms with Crippen LogP contribution in [-0.2, 0) is 0 Å². The van der Waals surface area contributed by atoms with Crippen LogP contribution in [0.1, 0.15) is 67.2 Å². The summed E-state index contributed by atoms with van der Waals surface area (Å²) >= 11 is 13.1. The molecule has 0 saturated carbocycles. The van der Waals surface area contributed by atoms with Crippen LogP contribution in [0.15, 0.2) is 0 Å². The summed E-state index contributed by atoms with van der Waals surface area (Å²) < 4.78 is 0. The highest BCUT2D eigenvalue weighted by Gasteiger charge is 2.32. The third kappa shape index (κ3) is 8.50. The van der Waals surface area contributed by atoms with Crippen molar-refractivity contribution < 1.29 is 0 Å². The molecule has 0 rings (SSSR count). The number of rotatable bonds is 8. The Morgan fingerprint density at radius 1 is 0.765 bits per heavy atom. The Morgan fingerprint density at radius 2 is 1.06 bits per heavy atom. The van der Waals surface area contributed by atoms with Crippen LogP contribution in [0.2, 0.25) is 12.1 Å². The second-order valence-electron chi connectivity index (χ2n) is 6.89. The van der Waals surface area contributed by atoms with Crippen LogP contribution in [0.3, 0.4) is 0 Å². The van der Waals surface area contributed by atoms with Crippen LogP contribution in [0.25, 0.3) is 0 Å². The first kappa shape index (κ1) is 17.8. The lowest BCUT2D eigenvalue weighted by Crippen LogP contribution is -2.25. The van der Waals surface area contributed by atoms with Crippen LogP contribution in [0.5, 0.6) is 0 Å². The van der Waals surface area contributed by atoms with Gasteiger partial charge in [0, 0.05) is 0 Å². The van der Waals surface area contributed by atoms with Gasteiger partial charge >= 0.3 is 0 Å². The molecule has 17 heavy (non-hydrogen) atoms. The molecule has 3 heteroatoms. The van der Waals surface area contributed by atoms with Crippen LogP contribution in [-0.4, -0.2) is 6.69 Å². The van der Waals surface area contributed by atoms with Crippen molar-refractivity contribution in [1.29, 1.82) is 0 Å². The molecule has 0 aliphatic rings. The molecule has 0 aromatic carbocycles. The quantitative estimate of drug-likeness (QED) is 0.351. The average molecular weight is 297 g/mol.